The highest BCUT2D eigenvalue weighted by Gasteiger charge is 2.22. The quantitative estimate of drug-likeness (QED) is 0.930. The maximum atomic E-state index is 11.7. The fourth-order valence-corrected chi connectivity index (χ4v) is 2.39. The fourth-order valence-electron chi connectivity index (χ4n) is 2.39. The maximum Gasteiger partial charge on any atom is 0.409 e. The van der Waals surface area contributed by atoms with Crippen molar-refractivity contribution in [3.05, 3.63) is 18.3 Å². The normalized spacial score (nSPS) is 15.6. The highest BCUT2D eigenvalue weighted by atomic mass is 16.6. The molecule has 6 nitrogen and oxygen atoms in total. The van der Waals surface area contributed by atoms with E-state index >= 15 is 0 Å². The molecule has 0 aliphatic carbocycles. The molecule has 1 N–H and O–H groups in total. The molecule has 1 amide bonds. The second-order valence-corrected chi connectivity index (χ2v) is 6.45. The summed E-state index contributed by atoms with van der Waals surface area (Å²) in [5, 5.41) is 3.35. The summed E-state index contributed by atoms with van der Waals surface area (Å²) in [6.07, 6.45) is 1.67. The van der Waals surface area contributed by atoms with E-state index in [2.05, 4.69) is 42.0 Å². The Bertz CT molecular complexity index is 488. The van der Waals surface area contributed by atoms with Crippen LogP contribution in [0.3, 0.4) is 0 Å². The Morgan fingerprint density at radius 3 is 2.45 bits per heavy atom. The SMILES string of the molecule is CCOC(=O)N1CCN(c2ccc(NC(C)(C)C)nc2)CC1. The van der Waals surface area contributed by atoms with Crippen LogP contribution in [0.5, 0.6) is 0 Å². The molecule has 1 aromatic rings. The lowest BCUT2D eigenvalue weighted by Crippen LogP contribution is -2.49. The van der Waals surface area contributed by atoms with Gasteiger partial charge in [-0.3, -0.25) is 0 Å². The van der Waals surface area contributed by atoms with Gasteiger partial charge < -0.3 is 19.9 Å². The van der Waals surface area contributed by atoms with Gasteiger partial charge in [0.2, 0.25) is 0 Å². The van der Waals surface area contributed by atoms with Crippen LogP contribution in [0.1, 0.15) is 27.7 Å². The maximum absolute atomic E-state index is 11.7. The van der Waals surface area contributed by atoms with Crippen molar-refractivity contribution in [1.82, 2.24) is 9.88 Å². The molecule has 1 aliphatic rings. The molecular weight excluding hydrogens is 280 g/mol. The van der Waals surface area contributed by atoms with Gasteiger partial charge in [-0.15, -0.1) is 0 Å². The molecule has 2 heterocycles. The van der Waals surface area contributed by atoms with Crippen LogP contribution >= 0.6 is 0 Å². The summed E-state index contributed by atoms with van der Waals surface area (Å²) in [5.41, 5.74) is 1.09. The standard InChI is InChI=1S/C16H26N4O2/c1-5-22-15(21)20-10-8-19(9-11-20)13-6-7-14(17-12-13)18-16(2,3)4/h6-7,12H,5,8-11H2,1-4H3,(H,17,18). The van der Waals surface area contributed by atoms with Gasteiger partial charge in [-0.2, -0.15) is 0 Å². The number of piperazine rings is 1. The van der Waals surface area contributed by atoms with Crippen molar-refractivity contribution in [1.29, 1.82) is 0 Å². The van der Waals surface area contributed by atoms with Crippen LogP contribution in [0.4, 0.5) is 16.3 Å². The lowest BCUT2D eigenvalue weighted by atomic mass is 10.1. The summed E-state index contributed by atoms with van der Waals surface area (Å²) < 4.78 is 5.03. The fraction of sp³-hybridized carbons (Fsp3) is 0.625. The van der Waals surface area contributed by atoms with Crippen molar-refractivity contribution < 1.29 is 9.53 Å². The second-order valence-electron chi connectivity index (χ2n) is 6.45. The second kappa shape index (κ2) is 6.85. The van der Waals surface area contributed by atoms with Gasteiger partial charge in [0, 0.05) is 31.7 Å². The minimum absolute atomic E-state index is 0.000217. The monoisotopic (exact) mass is 306 g/mol. The van der Waals surface area contributed by atoms with Gasteiger partial charge >= 0.3 is 6.09 Å². The minimum atomic E-state index is -0.218. The number of rotatable bonds is 3. The molecule has 0 unspecified atom stereocenters. The van der Waals surface area contributed by atoms with E-state index < -0.39 is 0 Å². The van der Waals surface area contributed by atoms with E-state index in [1.54, 1.807) is 4.90 Å². The number of carbonyl (C=O) groups is 1. The average molecular weight is 306 g/mol. The summed E-state index contributed by atoms with van der Waals surface area (Å²) in [6, 6.07) is 4.07. The zero-order chi connectivity index (χ0) is 16.2. The predicted octanol–water partition coefficient (Wildman–Crippen LogP) is 2.57. The van der Waals surface area contributed by atoms with E-state index in [-0.39, 0.29) is 11.6 Å². The van der Waals surface area contributed by atoms with Crippen LogP contribution in [0.15, 0.2) is 18.3 Å². The number of hydrogen-bond donors (Lipinski definition) is 1. The number of pyridine rings is 1. The van der Waals surface area contributed by atoms with Gasteiger partial charge in [-0.1, -0.05) is 0 Å². The van der Waals surface area contributed by atoms with Crippen LogP contribution in [0.2, 0.25) is 0 Å². The van der Waals surface area contributed by atoms with Crippen molar-refractivity contribution in [2.24, 2.45) is 0 Å². The molecule has 1 aliphatic heterocycles. The zero-order valence-corrected chi connectivity index (χ0v) is 13.9. The number of nitrogens with one attached hydrogen (secondary N) is 1. The van der Waals surface area contributed by atoms with Crippen LogP contribution < -0.4 is 10.2 Å². The highest BCUT2D eigenvalue weighted by molar-refractivity contribution is 5.68. The van der Waals surface area contributed by atoms with Gasteiger partial charge in [0.1, 0.15) is 5.82 Å². The third-order valence-electron chi connectivity index (χ3n) is 3.42. The minimum Gasteiger partial charge on any atom is -0.450 e. The Balaban J connectivity index is 1.90. The number of amides is 1. The molecule has 1 fully saturated rings. The van der Waals surface area contributed by atoms with Gasteiger partial charge in [-0.25, -0.2) is 9.78 Å². The third kappa shape index (κ3) is 4.51. The van der Waals surface area contributed by atoms with Crippen LogP contribution in [-0.4, -0.2) is 54.3 Å². The van der Waals surface area contributed by atoms with Gasteiger partial charge in [-0.05, 0) is 39.8 Å². The van der Waals surface area contributed by atoms with Crippen LogP contribution in [-0.2, 0) is 4.74 Å². The Kier molecular flexibility index (Phi) is 5.11. The number of hydrogen-bond acceptors (Lipinski definition) is 5. The first-order chi connectivity index (χ1) is 10.4. The van der Waals surface area contributed by atoms with E-state index in [0.717, 1.165) is 24.6 Å². The number of anilines is 2. The first-order valence-electron chi connectivity index (χ1n) is 7.80. The summed E-state index contributed by atoms with van der Waals surface area (Å²) in [6.45, 7) is 11.5. The molecule has 1 aromatic heterocycles. The molecular formula is C16H26N4O2. The highest BCUT2D eigenvalue weighted by Crippen LogP contribution is 2.19. The van der Waals surface area contributed by atoms with Gasteiger partial charge in [0.25, 0.3) is 0 Å². The number of nitrogens with zero attached hydrogens (tertiary/aromatic N) is 3. The molecule has 0 spiro atoms. The third-order valence-corrected chi connectivity index (χ3v) is 3.42. The van der Waals surface area contributed by atoms with Gasteiger partial charge in [0.05, 0.1) is 18.5 Å². The lowest BCUT2D eigenvalue weighted by molar-refractivity contribution is 0.105. The number of aromatic nitrogens is 1. The van der Waals surface area contributed by atoms with Crippen LogP contribution in [0, 0.1) is 0 Å². The Morgan fingerprint density at radius 2 is 1.95 bits per heavy atom. The zero-order valence-electron chi connectivity index (χ0n) is 13.9. The smallest absolute Gasteiger partial charge is 0.409 e. The Hall–Kier alpha value is -1.98. The van der Waals surface area contributed by atoms with Crippen molar-refractivity contribution >= 4 is 17.6 Å². The van der Waals surface area contributed by atoms with Crippen molar-refractivity contribution in [2.45, 2.75) is 33.2 Å². The topological polar surface area (TPSA) is 57.7 Å². The van der Waals surface area contributed by atoms with E-state index in [1.165, 1.54) is 0 Å². The summed E-state index contributed by atoms with van der Waals surface area (Å²) in [7, 11) is 0. The molecule has 0 bridgehead atoms. The molecule has 0 atom stereocenters. The van der Waals surface area contributed by atoms with Crippen molar-refractivity contribution in [2.75, 3.05) is 43.0 Å². The lowest BCUT2D eigenvalue weighted by Gasteiger charge is -2.35. The van der Waals surface area contributed by atoms with E-state index in [1.807, 2.05) is 19.2 Å². The van der Waals surface area contributed by atoms with Gasteiger partial charge in [0.15, 0.2) is 0 Å². The summed E-state index contributed by atoms with van der Waals surface area (Å²) in [5.74, 6) is 0.876. The van der Waals surface area contributed by atoms with Crippen molar-refractivity contribution in [3.8, 4) is 0 Å². The van der Waals surface area contributed by atoms with E-state index in [0.29, 0.717) is 19.7 Å². The number of carbonyl (C=O) groups excluding carboxylic acids is 1. The largest absolute Gasteiger partial charge is 0.450 e. The first kappa shape index (κ1) is 16.4. The Labute approximate surface area is 132 Å². The molecule has 22 heavy (non-hydrogen) atoms. The summed E-state index contributed by atoms with van der Waals surface area (Å²) >= 11 is 0. The number of ether oxygens (including phenoxy) is 1. The van der Waals surface area contributed by atoms with E-state index in [9.17, 15) is 4.79 Å². The predicted molar refractivity (Wildman–Crippen MR) is 88.4 cm³/mol. The molecule has 0 radical (unpaired) electrons. The van der Waals surface area contributed by atoms with Crippen molar-refractivity contribution in [3.63, 3.8) is 0 Å². The molecule has 6 heteroatoms. The molecule has 122 valence electrons. The summed E-state index contributed by atoms with van der Waals surface area (Å²) in [4.78, 5) is 20.1. The average Bonchev–Trinajstić information content (AvgIpc) is 2.47. The molecule has 0 saturated carbocycles. The molecule has 0 aromatic carbocycles. The van der Waals surface area contributed by atoms with Crippen LogP contribution in [0.25, 0.3) is 0 Å². The Morgan fingerprint density at radius 1 is 1.27 bits per heavy atom. The first-order valence-corrected chi connectivity index (χ1v) is 7.80. The van der Waals surface area contributed by atoms with E-state index in [4.69, 9.17) is 4.74 Å². The molecule has 2 rings (SSSR count). The molecule has 1 saturated heterocycles.